The van der Waals surface area contributed by atoms with Gasteiger partial charge in [0.25, 0.3) is 0 Å². The Morgan fingerprint density at radius 1 is 1.10 bits per heavy atom. The number of aromatic amines is 2. The lowest BCUT2D eigenvalue weighted by atomic mass is 9.86. The zero-order valence-electron chi connectivity index (χ0n) is 22.9. The second-order valence-corrected chi connectivity index (χ2v) is 14.0. The second kappa shape index (κ2) is 11.0. The quantitative estimate of drug-likeness (QED) is 0.152. The van der Waals surface area contributed by atoms with Gasteiger partial charge in [-0.15, -0.1) is 11.3 Å². The van der Waals surface area contributed by atoms with E-state index in [1.165, 1.54) is 29.0 Å². The normalized spacial score (nSPS) is 19.7. The van der Waals surface area contributed by atoms with Crippen LogP contribution in [0.1, 0.15) is 34.9 Å². The summed E-state index contributed by atoms with van der Waals surface area (Å²) < 4.78 is 21.0. The highest BCUT2D eigenvalue weighted by atomic mass is 127. The minimum atomic E-state index is -0.323. The van der Waals surface area contributed by atoms with E-state index in [9.17, 15) is 9.18 Å². The van der Waals surface area contributed by atoms with Gasteiger partial charge in [0.05, 0.1) is 37.2 Å². The van der Waals surface area contributed by atoms with E-state index in [1.54, 1.807) is 24.1 Å². The fourth-order valence-corrected chi connectivity index (χ4v) is 7.89. The number of hydrogen-bond acceptors (Lipinski definition) is 8. The zero-order valence-corrected chi connectivity index (χ0v) is 25.9. The number of H-pyrrole nitrogens is 2. The molecule has 2 N–H and O–H groups in total. The van der Waals surface area contributed by atoms with Gasteiger partial charge < -0.3 is 19.6 Å². The smallest absolute Gasteiger partial charge is 0.323 e. The van der Waals surface area contributed by atoms with Crippen molar-refractivity contribution in [3.8, 4) is 21.9 Å². The number of thiazole rings is 1. The maximum atomic E-state index is 14.4. The molecule has 12 heteroatoms. The molecule has 0 radical (unpaired) electrons. The Hall–Kier alpha value is -3.36. The van der Waals surface area contributed by atoms with E-state index in [0.29, 0.717) is 17.1 Å². The molecule has 42 heavy (non-hydrogen) atoms. The highest BCUT2D eigenvalue weighted by Crippen LogP contribution is 2.45. The van der Waals surface area contributed by atoms with E-state index in [4.69, 9.17) is 4.74 Å². The summed E-state index contributed by atoms with van der Waals surface area (Å²) in [5.41, 5.74) is 6.23. The van der Waals surface area contributed by atoms with Crippen molar-refractivity contribution in [1.29, 1.82) is 0 Å². The molecule has 2 aliphatic rings. The predicted octanol–water partition coefficient (Wildman–Crippen LogP) is 6.30. The van der Waals surface area contributed by atoms with Crippen molar-refractivity contribution in [2.45, 2.75) is 30.2 Å². The van der Waals surface area contributed by atoms with Crippen LogP contribution in [0.3, 0.4) is 0 Å². The summed E-state index contributed by atoms with van der Waals surface area (Å²) in [5, 5.41) is 0. The third-order valence-corrected chi connectivity index (χ3v) is 9.74. The Morgan fingerprint density at radius 3 is 2.83 bits per heavy atom. The minimum absolute atomic E-state index is 0.169. The van der Waals surface area contributed by atoms with Gasteiger partial charge in [0.2, 0.25) is 0 Å². The molecule has 2 fully saturated rings. The maximum absolute atomic E-state index is 14.4. The fraction of sp³-hybridized carbons (Fsp3) is 0.333. The lowest BCUT2D eigenvalue weighted by Crippen LogP contribution is -2.31. The van der Waals surface area contributed by atoms with Crippen molar-refractivity contribution < 1.29 is 9.13 Å². The van der Waals surface area contributed by atoms with Crippen molar-refractivity contribution in [1.82, 2.24) is 29.8 Å². The molecule has 2 atom stereocenters. The molecular formula is C30H29FIN7O2S. The number of fused-ring (bicyclic) bond motifs is 1. The molecule has 2 saturated heterocycles. The first-order valence-electron chi connectivity index (χ1n) is 13.9. The fourth-order valence-electron chi connectivity index (χ4n) is 6.29. The number of likely N-dealkylation sites (tertiary alicyclic amines) is 1. The van der Waals surface area contributed by atoms with Gasteiger partial charge in [0, 0.05) is 37.2 Å². The van der Waals surface area contributed by atoms with Crippen LogP contribution in [0, 0.1) is 11.2 Å². The van der Waals surface area contributed by atoms with Crippen LogP contribution in [0.15, 0.2) is 59.2 Å². The molecule has 2 aliphatic heterocycles. The number of ether oxygens (including phenoxy) is 1. The molecular weight excluding hydrogens is 668 g/mol. The van der Waals surface area contributed by atoms with E-state index in [1.807, 2.05) is 6.07 Å². The molecule has 9 nitrogen and oxygen atoms in total. The number of benzene rings is 2. The van der Waals surface area contributed by atoms with Gasteiger partial charge in [0.15, 0.2) is 11.6 Å². The number of aromatic nitrogens is 5. The van der Waals surface area contributed by atoms with Crippen molar-refractivity contribution in [2.75, 3.05) is 31.1 Å². The largest absolute Gasteiger partial charge is 0.451 e. The van der Waals surface area contributed by atoms with Gasteiger partial charge >= 0.3 is 5.69 Å². The molecule has 3 aromatic heterocycles. The van der Waals surface area contributed by atoms with Crippen molar-refractivity contribution in [3.63, 3.8) is 0 Å². The number of rotatable bonds is 7. The van der Waals surface area contributed by atoms with E-state index >= 15 is 0 Å². The van der Waals surface area contributed by atoms with Crippen molar-refractivity contribution in [2.24, 2.45) is 5.41 Å². The maximum Gasteiger partial charge on any atom is 0.323 e. The summed E-state index contributed by atoms with van der Waals surface area (Å²) in [6.07, 6.45) is 5.42. The number of alkyl halides is 1. The third kappa shape index (κ3) is 5.31. The van der Waals surface area contributed by atoms with Crippen LogP contribution in [0.5, 0.6) is 11.5 Å². The van der Waals surface area contributed by atoms with Gasteiger partial charge in [-0.2, -0.15) is 0 Å². The monoisotopic (exact) mass is 697 g/mol. The molecule has 216 valence electrons. The lowest BCUT2D eigenvalue weighted by Gasteiger charge is -2.26. The molecule has 2 aromatic carbocycles. The number of anilines is 1. The van der Waals surface area contributed by atoms with Crippen LogP contribution in [-0.2, 0) is 6.54 Å². The first-order chi connectivity index (χ1) is 20.4. The van der Waals surface area contributed by atoms with Crippen LogP contribution in [0.2, 0.25) is 0 Å². The molecule has 2 unspecified atom stereocenters. The van der Waals surface area contributed by atoms with Crippen LogP contribution < -0.4 is 15.3 Å². The minimum Gasteiger partial charge on any atom is -0.451 e. The van der Waals surface area contributed by atoms with Crippen LogP contribution in [0.25, 0.3) is 21.5 Å². The van der Waals surface area contributed by atoms with Gasteiger partial charge in [-0.25, -0.2) is 24.1 Å². The summed E-state index contributed by atoms with van der Waals surface area (Å²) in [5.74, 6) is 1.54. The van der Waals surface area contributed by atoms with Gasteiger partial charge in [-0.3, -0.25) is 4.90 Å². The molecule has 0 aliphatic carbocycles. The van der Waals surface area contributed by atoms with E-state index in [0.717, 1.165) is 73.0 Å². The zero-order chi connectivity index (χ0) is 28.8. The molecule has 5 heterocycles. The Labute approximate surface area is 259 Å². The lowest BCUT2D eigenvalue weighted by molar-refractivity contribution is 0.270. The van der Waals surface area contributed by atoms with Crippen LogP contribution >= 0.6 is 33.9 Å². The Kier molecular flexibility index (Phi) is 7.22. The number of nitrogens with one attached hydrogen (secondary N) is 2. The summed E-state index contributed by atoms with van der Waals surface area (Å²) in [6.45, 7) is 6.68. The molecule has 0 saturated carbocycles. The topological polar surface area (TPSA) is 103 Å². The van der Waals surface area contributed by atoms with Crippen LogP contribution in [0.4, 0.5) is 10.2 Å². The van der Waals surface area contributed by atoms with Gasteiger partial charge in [-0.1, -0.05) is 28.7 Å². The summed E-state index contributed by atoms with van der Waals surface area (Å²) in [6, 6.07) is 10.7. The average Bonchev–Trinajstić information content (AvgIpc) is 3.77. The van der Waals surface area contributed by atoms with Gasteiger partial charge in [0.1, 0.15) is 17.9 Å². The highest BCUT2D eigenvalue weighted by Gasteiger charge is 2.44. The molecule has 0 amide bonds. The third-order valence-electron chi connectivity index (χ3n) is 8.28. The number of hydrogen-bond donors (Lipinski definition) is 2. The first kappa shape index (κ1) is 27.5. The Balaban J connectivity index is 1.09. The standard InChI is InChI=1S/C30H29FIN7O2S/c1-18(32)26-27(42-17-35-26)21-11-20(31)3-5-24(21)41-25-12-33-16-34-28(25)39-9-7-30(15-39)6-8-38(14-30)13-19-2-4-22-23(10-19)37-29(40)36-22/h2-5,10-12,16-18H,6-9,13-15H2,1H3,(H2,36,37,40). The van der Waals surface area contributed by atoms with Gasteiger partial charge in [-0.05, 0) is 62.2 Å². The molecule has 0 bridgehead atoms. The summed E-state index contributed by atoms with van der Waals surface area (Å²) in [7, 11) is 0. The highest BCUT2D eigenvalue weighted by molar-refractivity contribution is 14.1. The summed E-state index contributed by atoms with van der Waals surface area (Å²) in [4.78, 5) is 36.4. The van der Waals surface area contributed by atoms with E-state index < -0.39 is 0 Å². The van der Waals surface area contributed by atoms with Crippen molar-refractivity contribution in [3.05, 3.63) is 82.0 Å². The Morgan fingerprint density at radius 2 is 1.95 bits per heavy atom. The SMILES string of the molecule is CC(I)c1ncsc1-c1cc(F)ccc1Oc1cncnc1N1CCC2(CCN(Cc3ccc4[nH]c(=O)[nH]c4c3)C2)C1. The molecule has 5 aromatic rings. The number of nitrogens with zero attached hydrogens (tertiary/aromatic N) is 5. The van der Waals surface area contributed by atoms with Crippen molar-refractivity contribution >= 4 is 50.8 Å². The van der Waals surface area contributed by atoms with E-state index in [-0.39, 0.29) is 20.8 Å². The molecule has 7 rings (SSSR count). The van der Waals surface area contributed by atoms with E-state index in [2.05, 4.69) is 76.4 Å². The predicted molar refractivity (Wildman–Crippen MR) is 170 cm³/mol. The number of halogens is 2. The second-order valence-electron chi connectivity index (χ2n) is 11.2. The number of imidazole rings is 1. The summed E-state index contributed by atoms with van der Waals surface area (Å²) >= 11 is 3.81. The molecule has 1 spiro atoms. The van der Waals surface area contributed by atoms with Crippen LogP contribution in [-0.4, -0.2) is 56.0 Å². The average molecular weight is 698 g/mol. The Bertz CT molecular complexity index is 1820. The first-order valence-corrected chi connectivity index (χ1v) is 16.0.